The van der Waals surface area contributed by atoms with Crippen LogP contribution < -0.4 is 15.6 Å². The van der Waals surface area contributed by atoms with Crippen molar-refractivity contribution in [1.29, 1.82) is 0 Å². The Morgan fingerprint density at radius 2 is 1.79 bits per heavy atom. The quantitative estimate of drug-likeness (QED) is 0.694. The first-order chi connectivity index (χ1) is 14.1. The molecule has 0 amide bonds. The fourth-order valence-electron chi connectivity index (χ4n) is 4.57. The van der Waals surface area contributed by atoms with Gasteiger partial charge < -0.3 is 9.84 Å². The van der Waals surface area contributed by atoms with E-state index in [0.717, 1.165) is 36.9 Å². The lowest BCUT2D eigenvalue weighted by Gasteiger charge is -2.30. The molecule has 2 aromatic rings. The zero-order valence-corrected chi connectivity index (χ0v) is 17.5. The SMILES string of the molecule is CC1CCN(CCOc2ccc(C3NNC(C)C3c3ccccc3)c(O)c2)CC1. The summed E-state index contributed by atoms with van der Waals surface area (Å²) in [6.07, 6.45) is 2.55. The van der Waals surface area contributed by atoms with Gasteiger partial charge in [0.15, 0.2) is 0 Å². The maximum absolute atomic E-state index is 10.7. The summed E-state index contributed by atoms with van der Waals surface area (Å²) in [5, 5.41) is 10.7. The monoisotopic (exact) mass is 395 g/mol. The van der Waals surface area contributed by atoms with Crippen LogP contribution in [0.15, 0.2) is 48.5 Å². The van der Waals surface area contributed by atoms with Crippen LogP contribution >= 0.6 is 0 Å². The van der Waals surface area contributed by atoms with Crippen LogP contribution in [0.4, 0.5) is 0 Å². The molecule has 0 spiro atoms. The summed E-state index contributed by atoms with van der Waals surface area (Å²) in [7, 11) is 0. The number of likely N-dealkylation sites (tertiary alicyclic amines) is 1. The number of ether oxygens (including phenoxy) is 1. The molecule has 2 aliphatic heterocycles. The van der Waals surface area contributed by atoms with Gasteiger partial charge in [0.2, 0.25) is 0 Å². The number of aromatic hydroxyl groups is 1. The van der Waals surface area contributed by atoms with Gasteiger partial charge in [0.1, 0.15) is 18.1 Å². The van der Waals surface area contributed by atoms with Gasteiger partial charge in [-0.3, -0.25) is 10.3 Å². The molecule has 3 atom stereocenters. The molecule has 2 fully saturated rings. The molecule has 4 rings (SSSR count). The van der Waals surface area contributed by atoms with E-state index in [1.165, 1.54) is 18.4 Å². The second-order valence-electron chi connectivity index (χ2n) is 8.58. The minimum absolute atomic E-state index is 0.0109. The Balaban J connectivity index is 1.39. The van der Waals surface area contributed by atoms with E-state index in [9.17, 15) is 5.11 Å². The molecule has 0 aliphatic carbocycles. The van der Waals surface area contributed by atoms with Crippen molar-refractivity contribution in [2.45, 2.75) is 44.7 Å². The Hall–Kier alpha value is -2.08. The molecule has 5 heteroatoms. The summed E-state index contributed by atoms with van der Waals surface area (Å²) in [6.45, 7) is 8.41. The number of nitrogens with zero attached hydrogens (tertiary/aromatic N) is 1. The van der Waals surface area contributed by atoms with Crippen molar-refractivity contribution in [3.8, 4) is 11.5 Å². The van der Waals surface area contributed by atoms with E-state index >= 15 is 0 Å². The number of hydrogen-bond acceptors (Lipinski definition) is 5. The van der Waals surface area contributed by atoms with Gasteiger partial charge in [0, 0.05) is 30.1 Å². The Bertz CT molecular complexity index is 790. The van der Waals surface area contributed by atoms with Crippen LogP contribution in [0.3, 0.4) is 0 Å². The lowest BCUT2D eigenvalue weighted by Crippen LogP contribution is -2.35. The predicted molar refractivity (Wildman–Crippen MR) is 116 cm³/mol. The summed E-state index contributed by atoms with van der Waals surface area (Å²) in [5.41, 5.74) is 8.86. The van der Waals surface area contributed by atoms with Crippen molar-refractivity contribution in [3.05, 3.63) is 59.7 Å². The van der Waals surface area contributed by atoms with Gasteiger partial charge in [-0.1, -0.05) is 43.3 Å². The fraction of sp³-hybridized carbons (Fsp3) is 0.500. The summed E-state index contributed by atoms with van der Waals surface area (Å²) >= 11 is 0. The topological polar surface area (TPSA) is 56.8 Å². The third-order valence-electron chi connectivity index (χ3n) is 6.44. The molecule has 2 aliphatic rings. The molecular weight excluding hydrogens is 362 g/mol. The van der Waals surface area contributed by atoms with Crippen molar-refractivity contribution in [1.82, 2.24) is 15.8 Å². The highest BCUT2D eigenvalue weighted by Gasteiger charge is 2.36. The average Bonchev–Trinajstić information content (AvgIpc) is 3.11. The second-order valence-corrected chi connectivity index (χ2v) is 8.58. The molecule has 2 saturated heterocycles. The zero-order valence-electron chi connectivity index (χ0n) is 17.5. The van der Waals surface area contributed by atoms with Gasteiger partial charge in [0.05, 0.1) is 6.04 Å². The Labute approximate surface area is 174 Å². The minimum atomic E-state index is 0.0109. The number of hydrogen-bond donors (Lipinski definition) is 3. The summed E-state index contributed by atoms with van der Waals surface area (Å²) < 4.78 is 5.93. The molecule has 0 bridgehead atoms. The third-order valence-corrected chi connectivity index (χ3v) is 6.44. The Morgan fingerprint density at radius 1 is 1.03 bits per heavy atom. The lowest BCUT2D eigenvalue weighted by atomic mass is 9.84. The molecule has 0 aromatic heterocycles. The van der Waals surface area contributed by atoms with E-state index in [4.69, 9.17) is 4.74 Å². The summed E-state index contributed by atoms with van der Waals surface area (Å²) in [4.78, 5) is 2.47. The van der Waals surface area contributed by atoms with Gasteiger partial charge in [0.25, 0.3) is 0 Å². The molecule has 29 heavy (non-hydrogen) atoms. The lowest BCUT2D eigenvalue weighted by molar-refractivity contribution is 0.160. The molecule has 2 aromatic carbocycles. The highest BCUT2D eigenvalue weighted by atomic mass is 16.5. The van der Waals surface area contributed by atoms with Gasteiger partial charge in [-0.2, -0.15) is 0 Å². The minimum Gasteiger partial charge on any atom is -0.507 e. The number of phenolic OH excluding ortho intramolecular Hbond substituents is 1. The standard InChI is InChI=1S/C24H33N3O2/c1-17-10-12-27(13-11-17)14-15-29-20-8-9-21(22(28)16-20)24-23(18(2)25-26-24)19-6-4-3-5-7-19/h3-9,16-18,23-26,28H,10-15H2,1-2H3. The highest BCUT2D eigenvalue weighted by Crippen LogP contribution is 2.41. The first-order valence-electron chi connectivity index (χ1n) is 10.9. The number of hydrazine groups is 1. The number of rotatable bonds is 6. The van der Waals surface area contributed by atoms with E-state index in [-0.39, 0.29) is 23.8 Å². The van der Waals surface area contributed by atoms with E-state index in [2.05, 4.69) is 53.9 Å². The van der Waals surface area contributed by atoms with Crippen LogP contribution in [0.1, 0.15) is 49.8 Å². The van der Waals surface area contributed by atoms with E-state index in [1.807, 2.05) is 18.2 Å². The summed E-state index contributed by atoms with van der Waals surface area (Å²) in [6, 6.07) is 16.5. The van der Waals surface area contributed by atoms with E-state index in [0.29, 0.717) is 6.61 Å². The molecular formula is C24H33N3O2. The molecule has 3 N–H and O–H groups in total. The predicted octanol–water partition coefficient (Wildman–Crippen LogP) is 3.82. The number of phenols is 1. The first kappa shape index (κ1) is 20.2. The van der Waals surface area contributed by atoms with Crippen molar-refractivity contribution in [2.24, 2.45) is 5.92 Å². The van der Waals surface area contributed by atoms with Crippen LogP contribution in [0.25, 0.3) is 0 Å². The fourth-order valence-corrected chi connectivity index (χ4v) is 4.57. The van der Waals surface area contributed by atoms with Crippen molar-refractivity contribution in [3.63, 3.8) is 0 Å². The summed E-state index contributed by atoms with van der Waals surface area (Å²) in [5.74, 6) is 2.10. The van der Waals surface area contributed by atoms with E-state index in [1.54, 1.807) is 6.07 Å². The number of nitrogens with one attached hydrogen (secondary N) is 2. The molecule has 0 saturated carbocycles. The first-order valence-corrected chi connectivity index (χ1v) is 10.9. The van der Waals surface area contributed by atoms with Crippen molar-refractivity contribution >= 4 is 0 Å². The molecule has 156 valence electrons. The normalized spacial score (nSPS) is 25.9. The van der Waals surface area contributed by atoms with Crippen molar-refractivity contribution in [2.75, 3.05) is 26.2 Å². The molecule has 0 radical (unpaired) electrons. The maximum Gasteiger partial charge on any atom is 0.124 e. The van der Waals surface area contributed by atoms with Gasteiger partial charge >= 0.3 is 0 Å². The molecule has 2 heterocycles. The molecule has 3 unspecified atom stereocenters. The van der Waals surface area contributed by atoms with Gasteiger partial charge in [-0.05, 0) is 50.4 Å². The maximum atomic E-state index is 10.7. The largest absolute Gasteiger partial charge is 0.507 e. The zero-order chi connectivity index (χ0) is 20.2. The Morgan fingerprint density at radius 3 is 2.52 bits per heavy atom. The number of piperidine rings is 1. The average molecular weight is 396 g/mol. The van der Waals surface area contributed by atoms with Gasteiger partial charge in [-0.15, -0.1) is 0 Å². The smallest absolute Gasteiger partial charge is 0.124 e. The van der Waals surface area contributed by atoms with E-state index < -0.39 is 0 Å². The third kappa shape index (κ3) is 4.74. The van der Waals surface area contributed by atoms with Crippen LogP contribution in [-0.2, 0) is 0 Å². The molecule has 5 nitrogen and oxygen atoms in total. The second kappa shape index (κ2) is 9.16. The highest BCUT2D eigenvalue weighted by molar-refractivity contribution is 5.44. The van der Waals surface area contributed by atoms with Crippen LogP contribution in [-0.4, -0.2) is 42.3 Å². The van der Waals surface area contributed by atoms with Gasteiger partial charge in [-0.25, -0.2) is 5.43 Å². The van der Waals surface area contributed by atoms with Crippen LogP contribution in [0, 0.1) is 5.92 Å². The number of benzene rings is 2. The van der Waals surface area contributed by atoms with Crippen LogP contribution in [0.2, 0.25) is 0 Å². The van der Waals surface area contributed by atoms with Crippen LogP contribution in [0.5, 0.6) is 11.5 Å². The Kier molecular flexibility index (Phi) is 6.38. The van der Waals surface area contributed by atoms with Crippen molar-refractivity contribution < 1.29 is 9.84 Å².